The van der Waals surface area contributed by atoms with Crippen LogP contribution in [0.2, 0.25) is 0 Å². The van der Waals surface area contributed by atoms with Gasteiger partial charge in [-0.25, -0.2) is 0 Å². The molecule has 5 N–H and O–H groups in total. The van der Waals surface area contributed by atoms with Gasteiger partial charge in [0.05, 0.1) is 12.2 Å². The highest BCUT2D eigenvalue weighted by Gasteiger charge is 2.29. The number of nitrogens with two attached hydrogens (primary N) is 2. The molecule has 160 valence electrons. The SMILES string of the molecule is C=C/C=C(\C=C)CNC(=C)C1CCC(N)N1C.C=CN.CC(C)c1ccccc1. The molecule has 0 saturated carbocycles. The van der Waals surface area contributed by atoms with Gasteiger partial charge in [-0.15, -0.1) is 0 Å². The standard InChI is InChI=1S/C14H23N3.C9H12.C2H5N/c1-5-7-12(6-2)10-16-11(3)13-8-9-14(15)17(13)4;1-8(2)9-6-4-3-5-7-9;1-2-3/h5-7,13-14,16H,1-3,8-10,15H2,4H3;3-8H,1-2H3;2H,1,3H2/b12-7+;;. The first-order chi connectivity index (χ1) is 13.8. The van der Waals surface area contributed by atoms with Crippen LogP contribution in [-0.4, -0.2) is 30.7 Å². The first-order valence-corrected chi connectivity index (χ1v) is 10.0. The first kappa shape index (κ1) is 26.4. The van der Waals surface area contributed by atoms with Gasteiger partial charge in [0.25, 0.3) is 0 Å². The van der Waals surface area contributed by atoms with Crippen molar-refractivity contribution >= 4 is 0 Å². The van der Waals surface area contributed by atoms with Gasteiger partial charge < -0.3 is 16.8 Å². The van der Waals surface area contributed by atoms with Crippen LogP contribution in [0, 0.1) is 0 Å². The number of rotatable bonds is 7. The van der Waals surface area contributed by atoms with Crippen molar-refractivity contribution in [2.75, 3.05) is 13.6 Å². The van der Waals surface area contributed by atoms with Crippen molar-refractivity contribution in [3.8, 4) is 0 Å². The summed E-state index contributed by atoms with van der Waals surface area (Å²) in [7, 11) is 2.04. The number of likely N-dealkylation sites (tertiary alicyclic amines) is 1. The number of hydrogen-bond acceptors (Lipinski definition) is 4. The largest absolute Gasteiger partial charge is 0.405 e. The summed E-state index contributed by atoms with van der Waals surface area (Å²) in [5, 5.41) is 3.33. The predicted molar refractivity (Wildman–Crippen MR) is 129 cm³/mol. The van der Waals surface area contributed by atoms with Gasteiger partial charge in [0, 0.05) is 12.2 Å². The second kappa shape index (κ2) is 15.4. The molecule has 1 saturated heterocycles. The fourth-order valence-corrected chi connectivity index (χ4v) is 2.91. The summed E-state index contributed by atoms with van der Waals surface area (Å²) in [6.45, 7) is 19.8. The Kier molecular flexibility index (Phi) is 14.0. The molecule has 0 aliphatic carbocycles. The van der Waals surface area contributed by atoms with Crippen molar-refractivity contribution in [2.24, 2.45) is 11.5 Å². The highest BCUT2D eigenvalue weighted by Crippen LogP contribution is 2.22. The maximum absolute atomic E-state index is 5.95. The molecule has 0 amide bonds. The van der Waals surface area contributed by atoms with Crippen LogP contribution in [0.1, 0.15) is 38.2 Å². The molecule has 1 aromatic carbocycles. The molecule has 1 heterocycles. The number of nitrogens with zero attached hydrogens (tertiary/aromatic N) is 1. The monoisotopic (exact) mass is 396 g/mol. The Bertz CT molecular complexity index is 646. The molecular weight excluding hydrogens is 356 g/mol. The van der Waals surface area contributed by atoms with Gasteiger partial charge in [0.15, 0.2) is 0 Å². The molecule has 2 rings (SSSR count). The Labute approximate surface area is 178 Å². The Balaban J connectivity index is 0.000000544. The number of benzene rings is 1. The average Bonchev–Trinajstić information content (AvgIpc) is 3.05. The van der Waals surface area contributed by atoms with Crippen LogP contribution in [0.5, 0.6) is 0 Å². The van der Waals surface area contributed by atoms with Crippen molar-refractivity contribution in [1.29, 1.82) is 0 Å². The lowest BCUT2D eigenvalue weighted by Gasteiger charge is -2.25. The second-order valence-corrected chi connectivity index (χ2v) is 7.19. The lowest BCUT2D eigenvalue weighted by atomic mass is 10.0. The Hall–Kier alpha value is -2.56. The van der Waals surface area contributed by atoms with Crippen molar-refractivity contribution < 1.29 is 0 Å². The third kappa shape index (κ3) is 10.5. The van der Waals surface area contributed by atoms with Crippen LogP contribution < -0.4 is 16.8 Å². The van der Waals surface area contributed by atoms with E-state index in [1.807, 2.05) is 25.3 Å². The summed E-state index contributed by atoms with van der Waals surface area (Å²) in [6, 6.07) is 10.9. The summed E-state index contributed by atoms with van der Waals surface area (Å²) in [6.07, 6.45) is 9.03. The van der Waals surface area contributed by atoms with Crippen LogP contribution >= 0.6 is 0 Å². The van der Waals surface area contributed by atoms with Crippen LogP contribution in [0.25, 0.3) is 0 Å². The van der Waals surface area contributed by atoms with E-state index >= 15 is 0 Å². The highest BCUT2D eigenvalue weighted by molar-refractivity contribution is 5.24. The molecule has 4 heteroatoms. The quantitative estimate of drug-likeness (QED) is 0.586. The molecule has 0 radical (unpaired) electrons. The Morgan fingerprint density at radius 3 is 2.17 bits per heavy atom. The van der Waals surface area contributed by atoms with E-state index in [9.17, 15) is 0 Å². The lowest BCUT2D eigenvalue weighted by molar-refractivity contribution is 0.263. The fraction of sp³-hybridized carbons (Fsp3) is 0.360. The summed E-state index contributed by atoms with van der Waals surface area (Å²) in [5.41, 5.74) is 14.1. The van der Waals surface area contributed by atoms with Crippen molar-refractivity contribution in [2.45, 2.75) is 44.8 Å². The molecule has 2 atom stereocenters. The maximum Gasteiger partial charge on any atom is 0.0575 e. The van der Waals surface area contributed by atoms with Crippen molar-refractivity contribution in [3.05, 3.63) is 97.9 Å². The number of allylic oxidation sites excluding steroid dienone is 2. The zero-order valence-corrected chi connectivity index (χ0v) is 18.5. The lowest BCUT2D eigenvalue weighted by Crippen LogP contribution is -2.41. The van der Waals surface area contributed by atoms with E-state index in [4.69, 9.17) is 5.73 Å². The maximum atomic E-state index is 5.95. The molecule has 0 bridgehead atoms. The van der Waals surface area contributed by atoms with Crippen molar-refractivity contribution in [1.82, 2.24) is 10.2 Å². The Morgan fingerprint density at radius 1 is 1.21 bits per heavy atom. The molecule has 2 unspecified atom stereocenters. The summed E-state index contributed by atoms with van der Waals surface area (Å²) in [4.78, 5) is 2.17. The van der Waals surface area contributed by atoms with Gasteiger partial charge in [-0.1, -0.05) is 88.7 Å². The van der Waals surface area contributed by atoms with E-state index in [1.165, 1.54) is 11.8 Å². The predicted octanol–water partition coefficient (Wildman–Crippen LogP) is 4.67. The van der Waals surface area contributed by atoms with Crippen LogP contribution in [0.3, 0.4) is 0 Å². The average molecular weight is 397 g/mol. The minimum atomic E-state index is 0.154. The van der Waals surface area contributed by atoms with Gasteiger partial charge >= 0.3 is 0 Å². The number of hydrogen-bond donors (Lipinski definition) is 3. The highest BCUT2D eigenvalue weighted by atomic mass is 15.3. The second-order valence-electron chi connectivity index (χ2n) is 7.19. The summed E-state index contributed by atoms with van der Waals surface area (Å²) < 4.78 is 0. The molecule has 29 heavy (non-hydrogen) atoms. The van der Waals surface area contributed by atoms with E-state index in [2.05, 4.69) is 80.4 Å². The van der Waals surface area contributed by atoms with E-state index in [0.717, 1.165) is 30.7 Å². The molecule has 1 aromatic rings. The smallest absolute Gasteiger partial charge is 0.0575 e. The molecule has 1 aliphatic rings. The van der Waals surface area contributed by atoms with Crippen LogP contribution in [0.15, 0.2) is 92.3 Å². The van der Waals surface area contributed by atoms with Gasteiger partial charge in [0.2, 0.25) is 0 Å². The van der Waals surface area contributed by atoms with Gasteiger partial charge in [-0.3, -0.25) is 4.90 Å². The first-order valence-electron chi connectivity index (χ1n) is 10.0. The molecule has 4 nitrogen and oxygen atoms in total. The van der Waals surface area contributed by atoms with Crippen LogP contribution in [0.4, 0.5) is 0 Å². The Morgan fingerprint density at radius 2 is 1.79 bits per heavy atom. The molecule has 1 aliphatic heterocycles. The molecular formula is C25H40N4. The van der Waals surface area contributed by atoms with E-state index in [-0.39, 0.29) is 6.17 Å². The zero-order chi connectivity index (χ0) is 22.2. The molecule has 1 fully saturated rings. The van der Waals surface area contributed by atoms with Gasteiger partial charge in [0.1, 0.15) is 0 Å². The van der Waals surface area contributed by atoms with E-state index in [0.29, 0.717) is 12.0 Å². The minimum absolute atomic E-state index is 0.154. The summed E-state index contributed by atoms with van der Waals surface area (Å²) in [5.74, 6) is 0.659. The van der Waals surface area contributed by atoms with E-state index < -0.39 is 0 Å². The fourth-order valence-electron chi connectivity index (χ4n) is 2.91. The number of nitrogens with one attached hydrogen (secondary N) is 1. The molecule has 0 spiro atoms. The van der Waals surface area contributed by atoms with Crippen molar-refractivity contribution in [3.63, 3.8) is 0 Å². The zero-order valence-electron chi connectivity index (χ0n) is 18.5. The van der Waals surface area contributed by atoms with Gasteiger partial charge in [-0.2, -0.15) is 0 Å². The van der Waals surface area contributed by atoms with E-state index in [1.54, 1.807) is 6.08 Å². The van der Waals surface area contributed by atoms with Crippen LogP contribution in [-0.2, 0) is 0 Å². The summed E-state index contributed by atoms with van der Waals surface area (Å²) >= 11 is 0. The molecule has 0 aromatic heterocycles. The number of likely N-dealkylation sites (N-methyl/N-ethyl adjacent to an activating group) is 1. The topological polar surface area (TPSA) is 67.3 Å². The third-order valence-corrected chi connectivity index (χ3v) is 4.73. The third-order valence-electron chi connectivity index (χ3n) is 4.73. The normalized spacial score (nSPS) is 18.6. The van der Waals surface area contributed by atoms with Gasteiger partial charge in [-0.05, 0) is 43.1 Å². The minimum Gasteiger partial charge on any atom is -0.405 e.